The van der Waals surface area contributed by atoms with E-state index in [1.165, 1.54) is 12.5 Å². The zero-order valence-electron chi connectivity index (χ0n) is 9.16. The van der Waals surface area contributed by atoms with Crippen LogP contribution in [0.25, 0.3) is 0 Å². The third kappa shape index (κ3) is 3.23. The van der Waals surface area contributed by atoms with E-state index in [1.54, 1.807) is 6.07 Å². The Morgan fingerprint density at radius 3 is 2.53 bits per heavy atom. The Hall–Kier alpha value is -1.58. The van der Waals surface area contributed by atoms with Crippen LogP contribution in [0.15, 0.2) is 23.0 Å². The van der Waals surface area contributed by atoms with Crippen molar-refractivity contribution in [1.29, 1.82) is 0 Å². The third-order valence-corrected chi connectivity index (χ3v) is 2.03. The lowest BCUT2D eigenvalue weighted by molar-refractivity contribution is -0.125. The van der Waals surface area contributed by atoms with Crippen LogP contribution in [-0.2, 0) is 4.79 Å². The Morgan fingerprint density at radius 2 is 2.07 bits per heavy atom. The molecule has 0 aliphatic heterocycles. The molecule has 1 aromatic rings. The average molecular weight is 209 g/mol. The van der Waals surface area contributed by atoms with Gasteiger partial charge in [0.1, 0.15) is 6.26 Å². The van der Waals surface area contributed by atoms with Crippen molar-refractivity contribution in [1.82, 2.24) is 5.32 Å². The van der Waals surface area contributed by atoms with Crippen molar-refractivity contribution in [3.05, 3.63) is 24.2 Å². The Kier molecular flexibility index (Phi) is 3.29. The minimum Gasteiger partial charge on any atom is -0.472 e. The number of carbonyl (C=O) groups excluding carboxylic acids is 2. The van der Waals surface area contributed by atoms with Gasteiger partial charge in [0.15, 0.2) is 5.78 Å². The van der Waals surface area contributed by atoms with Crippen molar-refractivity contribution in [2.24, 2.45) is 5.41 Å². The van der Waals surface area contributed by atoms with Crippen molar-refractivity contribution in [3.63, 3.8) is 0 Å². The molecule has 1 rings (SSSR count). The molecular weight excluding hydrogens is 194 g/mol. The Morgan fingerprint density at radius 1 is 1.40 bits per heavy atom. The molecule has 0 aliphatic rings. The molecule has 0 bridgehead atoms. The second kappa shape index (κ2) is 4.29. The fraction of sp³-hybridized carbons (Fsp3) is 0.455. The number of nitrogens with one attached hydrogen (secondary N) is 1. The van der Waals surface area contributed by atoms with Crippen LogP contribution in [0.1, 0.15) is 31.1 Å². The highest BCUT2D eigenvalue weighted by Gasteiger charge is 2.21. The normalized spacial score (nSPS) is 11.1. The van der Waals surface area contributed by atoms with Crippen LogP contribution in [-0.4, -0.2) is 18.2 Å². The zero-order chi connectivity index (χ0) is 11.5. The highest BCUT2D eigenvalue weighted by molar-refractivity contribution is 5.97. The number of Topliss-reactive ketones (excluding diaryl/α,β-unsaturated/α-hetero) is 1. The van der Waals surface area contributed by atoms with Crippen LogP contribution in [0.4, 0.5) is 0 Å². The van der Waals surface area contributed by atoms with E-state index in [0.717, 1.165) is 0 Å². The summed E-state index contributed by atoms with van der Waals surface area (Å²) in [6.45, 7) is 5.51. The summed E-state index contributed by atoms with van der Waals surface area (Å²) in [6, 6.07) is 1.55. The number of hydrogen-bond acceptors (Lipinski definition) is 3. The predicted molar refractivity (Wildman–Crippen MR) is 55.5 cm³/mol. The van der Waals surface area contributed by atoms with Gasteiger partial charge in [-0.3, -0.25) is 9.59 Å². The summed E-state index contributed by atoms with van der Waals surface area (Å²) in [5.74, 6) is -0.291. The molecule has 0 saturated heterocycles. The maximum Gasteiger partial charge on any atom is 0.254 e. The molecule has 4 heteroatoms. The number of amides is 1. The number of hydrogen-bond donors (Lipinski definition) is 1. The lowest BCUT2D eigenvalue weighted by Crippen LogP contribution is -2.35. The van der Waals surface area contributed by atoms with E-state index in [1.807, 2.05) is 20.8 Å². The first-order chi connectivity index (χ1) is 6.91. The van der Waals surface area contributed by atoms with E-state index in [9.17, 15) is 9.59 Å². The molecule has 0 aliphatic carbocycles. The maximum atomic E-state index is 11.5. The Labute approximate surface area is 88.7 Å². The molecule has 0 saturated carbocycles. The van der Waals surface area contributed by atoms with E-state index in [0.29, 0.717) is 5.56 Å². The highest BCUT2D eigenvalue weighted by Crippen LogP contribution is 2.13. The van der Waals surface area contributed by atoms with Crippen molar-refractivity contribution in [3.8, 4) is 0 Å². The summed E-state index contributed by atoms with van der Waals surface area (Å²) < 4.78 is 4.76. The van der Waals surface area contributed by atoms with Gasteiger partial charge in [-0.1, -0.05) is 20.8 Å². The number of carbonyl (C=O) groups is 2. The SMILES string of the molecule is CC(C)(C)C(=O)CNC(=O)c1ccoc1. The van der Waals surface area contributed by atoms with Crippen molar-refractivity contribution >= 4 is 11.7 Å². The van der Waals surface area contributed by atoms with Crippen LogP contribution < -0.4 is 5.32 Å². The van der Waals surface area contributed by atoms with Gasteiger partial charge in [-0.2, -0.15) is 0 Å². The van der Waals surface area contributed by atoms with Gasteiger partial charge in [0.2, 0.25) is 0 Å². The standard InChI is InChI=1S/C11H15NO3/c1-11(2,3)9(13)6-12-10(14)8-4-5-15-7-8/h4-5,7H,6H2,1-3H3,(H,12,14). The summed E-state index contributed by atoms with van der Waals surface area (Å²) >= 11 is 0. The smallest absolute Gasteiger partial charge is 0.254 e. The molecule has 1 N–H and O–H groups in total. The van der Waals surface area contributed by atoms with E-state index in [-0.39, 0.29) is 18.2 Å². The first kappa shape index (κ1) is 11.5. The summed E-state index contributed by atoms with van der Waals surface area (Å²) in [5, 5.41) is 2.54. The zero-order valence-corrected chi connectivity index (χ0v) is 9.16. The quantitative estimate of drug-likeness (QED) is 0.823. The van der Waals surface area contributed by atoms with E-state index in [2.05, 4.69) is 5.32 Å². The van der Waals surface area contributed by atoms with Gasteiger partial charge >= 0.3 is 0 Å². The number of ketones is 1. The molecule has 0 radical (unpaired) electrons. The Bertz CT molecular complexity index is 346. The average Bonchev–Trinajstić information content (AvgIpc) is 2.64. The molecule has 1 amide bonds. The monoisotopic (exact) mass is 209 g/mol. The summed E-state index contributed by atoms with van der Waals surface area (Å²) in [5.41, 5.74) is 0.000600. The van der Waals surface area contributed by atoms with Crippen LogP contribution in [0.2, 0.25) is 0 Å². The van der Waals surface area contributed by atoms with Gasteiger partial charge in [-0.15, -0.1) is 0 Å². The number of furan rings is 1. The van der Waals surface area contributed by atoms with Crippen molar-refractivity contribution in [2.75, 3.05) is 6.54 Å². The summed E-state index contributed by atoms with van der Waals surface area (Å²) in [7, 11) is 0. The lowest BCUT2D eigenvalue weighted by atomic mass is 9.91. The van der Waals surface area contributed by atoms with Crippen LogP contribution >= 0.6 is 0 Å². The molecule has 15 heavy (non-hydrogen) atoms. The van der Waals surface area contributed by atoms with Gasteiger partial charge in [-0.25, -0.2) is 0 Å². The molecule has 1 aromatic heterocycles. The first-order valence-corrected chi connectivity index (χ1v) is 4.75. The molecule has 1 heterocycles. The largest absolute Gasteiger partial charge is 0.472 e. The van der Waals surface area contributed by atoms with E-state index in [4.69, 9.17) is 4.42 Å². The van der Waals surface area contributed by atoms with Crippen LogP contribution in [0.5, 0.6) is 0 Å². The fourth-order valence-electron chi connectivity index (χ4n) is 0.921. The van der Waals surface area contributed by atoms with E-state index >= 15 is 0 Å². The minimum atomic E-state index is -0.427. The molecule has 0 spiro atoms. The topological polar surface area (TPSA) is 59.3 Å². The second-order valence-electron chi connectivity index (χ2n) is 4.37. The molecule has 0 fully saturated rings. The van der Waals surface area contributed by atoms with Crippen molar-refractivity contribution < 1.29 is 14.0 Å². The molecule has 0 unspecified atom stereocenters. The van der Waals surface area contributed by atoms with Gasteiger partial charge in [0.25, 0.3) is 5.91 Å². The van der Waals surface area contributed by atoms with Gasteiger partial charge in [0, 0.05) is 5.41 Å². The van der Waals surface area contributed by atoms with Gasteiger partial charge < -0.3 is 9.73 Å². The highest BCUT2D eigenvalue weighted by atomic mass is 16.3. The summed E-state index contributed by atoms with van der Waals surface area (Å²) in [6.07, 6.45) is 2.76. The molecule has 0 aromatic carbocycles. The Balaban J connectivity index is 2.45. The predicted octanol–water partition coefficient (Wildman–Crippen LogP) is 1.62. The lowest BCUT2D eigenvalue weighted by Gasteiger charge is -2.16. The summed E-state index contributed by atoms with van der Waals surface area (Å²) in [4.78, 5) is 22.9. The molecule has 82 valence electrons. The maximum absolute atomic E-state index is 11.5. The second-order valence-corrected chi connectivity index (χ2v) is 4.37. The third-order valence-electron chi connectivity index (χ3n) is 2.03. The van der Waals surface area contributed by atoms with E-state index < -0.39 is 5.41 Å². The number of rotatable bonds is 3. The van der Waals surface area contributed by atoms with Gasteiger partial charge in [-0.05, 0) is 6.07 Å². The molecular formula is C11H15NO3. The fourth-order valence-corrected chi connectivity index (χ4v) is 0.921. The van der Waals surface area contributed by atoms with Crippen LogP contribution in [0.3, 0.4) is 0 Å². The first-order valence-electron chi connectivity index (χ1n) is 4.75. The molecule has 4 nitrogen and oxygen atoms in total. The van der Waals surface area contributed by atoms with Gasteiger partial charge in [0.05, 0.1) is 18.4 Å². The minimum absolute atomic E-state index is 0.000607. The molecule has 0 atom stereocenters. The van der Waals surface area contributed by atoms with Crippen LogP contribution in [0, 0.1) is 5.41 Å². The van der Waals surface area contributed by atoms with Crippen molar-refractivity contribution in [2.45, 2.75) is 20.8 Å².